The van der Waals surface area contributed by atoms with E-state index < -0.39 is 0 Å². The summed E-state index contributed by atoms with van der Waals surface area (Å²) in [6, 6.07) is 4.34. The van der Waals surface area contributed by atoms with Crippen LogP contribution in [0.5, 0.6) is 0 Å². The van der Waals surface area contributed by atoms with Crippen LogP contribution in [0.4, 0.5) is 10.3 Å². The number of carbonyl (C=O) groups excluding carboxylic acids is 1. The Kier molecular flexibility index (Phi) is 3.63. The predicted molar refractivity (Wildman–Crippen MR) is 86.0 cm³/mol. The van der Waals surface area contributed by atoms with Crippen molar-refractivity contribution in [2.75, 3.05) is 5.32 Å². The molecular formula is C16H18FN5O. The number of halogens is 1. The number of hydrogen-bond acceptors (Lipinski definition) is 3. The maximum absolute atomic E-state index is 13.3. The molecule has 23 heavy (non-hydrogen) atoms. The molecule has 1 amide bonds. The zero-order valence-electron chi connectivity index (χ0n) is 13.4. The van der Waals surface area contributed by atoms with Gasteiger partial charge in [-0.1, -0.05) is 13.8 Å². The molecule has 0 saturated carbocycles. The lowest BCUT2D eigenvalue weighted by Gasteiger charge is -2.08. The molecule has 0 saturated heterocycles. The molecule has 0 spiro atoms. The van der Waals surface area contributed by atoms with E-state index in [2.05, 4.69) is 20.5 Å². The van der Waals surface area contributed by atoms with Crippen molar-refractivity contribution >= 4 is 22.9 Å². The van der Waals surface area contributed by atoms with E-state index in [1.54, 1.807) is 24.6 Å². The van der Waals surface area contributed by atoms with Gasteiger partial charge in [0.2, 0.25) is 5.95 Å². The van der Waals surface area contributed by atoms with Crippen molar-refractivity contribution in [3.05, 3.63) is 41.0 Å². The number of anilines is 1. The molecular weight excluding hydrogens is 297 g/mol. The zero-order chi connectivity index (χ0) is 16.7. The number of rotatable bonds is 3. The van der Waals surface area contributed by atoms with Crippen molar-refractivity contribution in [1.29, 1.82) is 0 Å². The molecule has 0 fully saturated rings. The highest BCUT2D eigenvalue weighted by atomic mass is 19.1. The highest BCUT2D eigenvalue weighted by Gasteiger charge is 2.21. The van der Waals surface area contributed by atoms with Gasteiger partial charge in [-0.25, -0.2) is 9.37 Å². The second-order valence-electron chi connectivity index (χ2n) is 5.85. The first-order chi connectivity index (χ1) is 10.9. The first kappa shape index (κ1) is 15.2. The summed E-state index contributed by atoms with van der Waals surface area (Å²) in [4.78, 5) is 16.9. The smallest absolute Gasteiger partial charge is 0.261 e. The summed E-state index contributed by atoms with van der Waals surface area (Å²) in [5, 5.41) is 9.83. The van der Waals surface area contributed by atoms with E-state index in [-0.39, 0.29) is 17.6 Å². The normalized spacial score (nSPS) is 11.4. The monoisotopic (exact) mass is 315 g/mol. The fourth-order valence-corrected chi connectivity index (χ4v) is 2.60. The van der Waals surface area contributed by atoms with Crippen molar-refractivity contribution in [2.45, 2.75) is 26.7 Å². The Hall–Kier alpha value is -2.70. The molecule has 0 aliphatic rings. The summed E-state index contributed by atoms with van der Waals surface area (Å²) in [6.07, 6.45) is 0. The lowest BCUT2D eigenvalue weighted by atomic mass is 10.0. The van der Waals surface area contributed by atoms with Gasteiger partial charge < -0.3 is 4.57 Å². The Balaban J connectivity index is 1.98. The number of H-pyrrole nitrogens is 1. The van der Waals surface area contributed by atoms with Gasteiger partial charge in [-0.05, 0) is 25.0 Å². The number of fused-ring (bicyclic) bond motifs is 1. The van der Waals surface area contributed by atoms with Gasteiger partial charge in [-0.15, -0.1) is 0 Å². The van der Waals surface area contributed by atoms with Crippen LogP contribution in [-0.4, -0.2) is 25.7 Å². The van der Waals surface area contributed by atoms with Crippen molar-refractivity contribution < 1.29 is 9.18 Å². The summed E-state index contributed by atoms with van der Waals surface area (Å²) >= 11 is 0. The van der Waals surface area contributed by atoms with Crippen LogP contribution >= 0.6 is 0 Å². The first-order valence-electron chi connectivity index (χ1n) is 7.36. The molecule has 2 heterocycles. The number of imidazole rings is 1. The van der Waals surface area contributed by atoms with Crippen molar-refractivity contribution in [3.8, 4) is 0 Å². The Morgan fingerprint density at radius 3 is 2.83 bits per heavy atom. The number of hydrogen-bond donors (Lipinski definition) is 2. The first-order valence-corrected chi connectivity index (χ1v) is 7.36. The number of amides is 1. The minimum Gasteiger partial charge on any atom is -0.313 e. The molecule has 2 N–H and O–H groups in total. The summed E-state index contributed by atoms with van der Waals surface area (Å²) in [5.74, 6) is -0.152. The van der Waals surface area contributed by atoms with Crippen LogP contribution < -0.4 is 5.32 Å². The third-order valence-electron chi connectivity index (χ3n) is 3.82. The molecule has 0 atom stereocenters. The summed E-state index contributed by atoms with van der Waals surface area (Å²) in [5.41, 5.74) is 3.18. The van der Waals surface area contributed by atoms with Crippen molar-refractivity contribution in [1.82, 2.24) is 19.7 Å². The van der Waals surface area contributed by atoms with Crippen molar-refractivity contribution in [3.63, 3.8) is 0 Å². The van der Waals surface area contributed by atoms with Crippen LogP contribution in [0.3, 0.4) is 0 Å². The van der Waals surface area contributed by atoms with Crippen LogP contribution in [-0.2, 0) is 7.05 Å². The number of nitrogens with one attached hydrogen (secondary N) is 2. The lowest BCUT2D eigenvalue weighted by Crippen LogP contribution is -2.17. The van der Waals surface area contributed by atoms with E-state index in [1.165, 1.54) is 12.1 Å². The minimum atomic E-state index is -0.360. The number of nitrogens with zero attached hydrogens (tertiary/aromatic N) is 3. The summed E-state index contributed by atoms with van der Waals surface area (Å²) in [7, 11) is 1.77. The third-order valence-corrected chi connectivity index (χ3v) is 3.82. The molecule has 120 valence electrons. The number of carbonyl (C=O) groups is 1. The van der Waals surface area contributed by atoms with E-state index in [4.69, 9.17) is 0 Å². The average molecular weight is 315 g/mol. The van der Waals surface area contributed by atoms with Gasteiger partial charge >= 0.3 is 0 Å². The number of aryl methyl sites for hydroxylation is 2. The molecule has 0 bridgehead atoms. The third kappa shape index (κ3) is 2.58. The van der Waals surface area contributed by atoms with Gasteiger partial charge in [-0.2, -0.15) is 5.10 Å². The molecule has 0 unspecified atom stereocenters. The van der Waals surface area contributed by atoms with Crippen LogP contribution in [0, 0.1) is 12.7 Å². The highest BCUT2D eigenvalue weighted by molar-refractivity contribution is 6.05. The highest BCUT2D eigenvalue weighted by Crippen LogP contribution is 2.23. The standard InChI is InChI=1S/C16H18FN5O/c1-8(2)14-13(9(3)20-21-14)15(23)19-16-18-11-7-10(17)5-6-12(11)22(16)4/h5-8H,1-4H3,(H,20,21)(H,18,19,23). The van der Waals surface area contributed by atoms with Gasteiger partial charge in [0.15, 0.2) is 0 Å². The van der Waals surface area contributed by atoms with E-state index >= 15 is 0 Å². The van der Waals surface area contributed by atoms with Gasteiger partial charge in [-0.3, -0.25) is 15.2 Å². The molecule has 2 aromatic heterocycles. The Morgan fingerprint density at radius 2 is 2.13 bits per heavy atom. The van der Waals surface area contributed by atoms with Gasteiger partial charge in [0.1, 0.15) is 5.82 Å². The van der Waals surface area contributed by atoms with Crippen LogP contribution in [0.2, 0.25) is 0 Å². The predicted octanol–water partition coefficient (Wildman–Crippen LogP) is 3.12. The molecule has 0 aliphatic heterocycles. The summed E-state index contributed by atoms with van der Waals surface area (Å²) in [6.45, 7) is 5.76. The minimum absolute atomic E-state index is 0.121. The Bertz CT molecular complexity index is 893. The summed E-state index contributed by atoms with van der Waals surface area (Å²) < 4.78 is 15.0. The number of aromatic nitrogens is 4. The topological polar surface area (TPSA) is 75.6 Å². The second kappa shape index (κ2) is 5.49. The Labute approximate surface area is 132 Å². The van der Waals surface area contributed by atoms with Crippen LogP contribution in [0.15, 0.2) is 18.2 Å². The van der Waals surface area contributed by atoms with Gasteiger partial charge in [0, 0.05) is 18.8 Å². The van der Waals surface area contributed by atoms with Crippen molar-refractivity contribution in [2.24, 2.45) is 7.05 Å². The van der Waals surface area contributed by atoms with E-state index in [9.17, 15) is 9.18 Å². The Morgan fingerprint density at radius 1 is 1.39 bits per heavy atom. The average Bonchev–Trinajstić information content (AvgIpc) is 3.00. The van der Waals surface area contributed by atoms with Crippen LogP contribution in [0.25, 0.3) is 11.0 Å². The molecule has 0 aliphatic carbocycles. The van der Waals surface area contributed by atoms with E-state index in [0.29, 0.717) is 28.4 Å². The molecule has 3 rings (SSSR count). The molecule has 6 nitrogen and oxygen atoms in total. The van der Waals surface area contributed by atoms with Gasteiger partial charge in [0.05, 0.1) is 22.3 Å². The van der Waals surface area contributed by atoms with Crippen LogP contribution in [0.1, 0.15) is 41.5 Å². The number of benzene rings is 1. The zero-order valence-corrected chi connectivity index (χ0v) is 13.4. The second-order valence-corrected chi connectivity index (χ2v) is 5.85. The fourth-order valence-electron chi connectivity index (χ4n) is 2.60. The van der Waals surface area contributed by atoms with E-state index in [0.717, 1.165) is 5.52 Å². The maximum atomic E-state index is 13.3. The maximum Gasteiger partial charge on any atom is 0.261 e. The van der Waals surface area contributed by atoms with Gasteiger partial charge in [0.25, 0.3) is 5.91 Å². The molecule has 7 heteroatoms. The number of aromatic amines is 1. The quantitative estimate of drug-likeness (QED) is 0.779. The van der Waals surface area contributed by atoms with E-state index in [1.807, 2.05) is 13.8 Å². The largest absolute Gasteiger partial charge is 0.313 e. The molecule has 0 radical (unpaired) electrons. The lowest BCUT2D eigenvalue weighted by molar-refractivity contribution is 0.102. The SMILES string of the molecule is Cc1[nH]nc(C(C)C)c1C(=O)Nc1nc2cc(F)ccc2n1C. The fraction of sp³-hybridized carbons (Fsp3) is 0.312. The molecule has 1 aromatic carbocycles. The molecule has 3 aromatic rings.